The van der Waals surface area contributed by atoms with Crippen LogP contribution in [-0.4, -0.2) is 23.5 Å². The third-order valence-corrected chi connectivity index (χ3v) is 4.18. The first-order chi connectivity index (χ1) is 9.24. The Kier molecular flexibility index (Phi) is 3.40. The van der Waals surface area contributed by atoms with E-state index in [-0.39, 0.29) is 0 Å². The molecule has 0 atom stereocenters. The van der Waals surface area contributed by atoms with Crippen LogP contribution in [-0.2, 0) is 19.5 Å². The van der Waals surface area contributed by atoms with E-state index in [9.17, 15) is 0 Å². The minimum atomic E-state index is 0.650. The van der Waals surface area contributed by atoms with Gasteiger partial charge < -0.3 is 10.5 Å². The molecular formula is C14H17N3OS. The van der Waals surface area contributed by atoms with E-state index in [0.717, 1.165) is 37.5 Å². The molecule has 0 spiro atoms. The summed E-state index contributed by atoms with van der Waals surface area (Å²) in [7, 11) is 1.71. The number of aromatic nitrogens is 1. The molecule has 1 aromatic carbocycles. The van der Waals surface area contributed by atoms with Crippen LogP contribution in [0.15, 0.2) is 23.6 Å². The van der Waals surface area contributed by atoms with Crippen LogP contribution in [0.5, 0.6) is 5.75 Å². The summed E-state index contributed by atoms with van der Waals surface area (Å²) in [5.74, 6) is 0.944. The Balaban J connectivity index is 1.71. The minimum Gasteiger partial charge on any atom is -0.497 e. The number of hydrogen-bond donors (Lipinski definition) is 1. The summed E-state index contributed by atoms with van der Waals surface area (Å²) >= 11 is 1.51. The Labute approximate surface area is 116 Å². The fourth-order valence-electron chi connectivity index (χ4n) is 2.47. The van der Waals surface area contributed by atoms with Crippen LogP contribution in [0.3, 0.4) is 0 Å². The predicted octanol–water partition coefficient (Wildman–Crippen LogP) is 2.29. The Morgan fingerprint density at radius 1 is 1.42 bits per heavy atom. The first-order valence-corrected chi connectivity index (χ1v) is 7.20. The summed E-state index contributed by atoms with van der Waals surface area (Å²) in [6.07, 6.45) is 1.06. The first-order valence-electron chi connectivity index (χ1n) is 6.32. The lowest BCUT2D eigenvalue weighted by molar-refractivity contribution is 0.243. The Bertz CT molecular complexity index is 582. The van der Waals surface area contributed by atoms with Crippen molar-refractivity contribution in [2.45, 2.75) is 19.5 Å². The van der Waals surface area contributed by atoms with Gasteiger partial charge >= 0.3 is 0 Å². The van der Waals surface area contributed by atoms with E-state index >= 15 is 0 Å². The maximum atomic E-state index is 5.67. The quantitative estimate of drug-likeness (QED) is 0.934. The van der Waals surface area contributed by atoms with Crippen molar-refractivity contribution in [3.05, 3.63) is 40.4 Å². The third-order valence-electron chi connectivity index (χ3n) is 3.46. The van der Waals surface area contributed by atoms with E-state index in [4.69, 9.17) is 10.5 Å². The highest BCUT2D eigenvalue weighted by atomic mass is 32.1. The molecule has 0 bridgehead atoms. The number of benzene rings is 1. The van der Waals surface area contributed by atoms with Crippen molar-refractivity contribution in [2.75, 3.05) is 19.4 Å². The summed E-state index contributed by atoms with van der Waals surface area (Å²) in [6.45, 7) is 2.90. The van der Waals surface area contributed by atoms with Gasteiger partial charge in [0.15, 0.2) is 5.13 Å². The zero-order valence-corrected chi connectivity index (χ0v) is 11.7. The molecule has 0 fully saturated rings. The lowest BCUT2D eigenvalue weighted by Gasteiger charge is -2.28. The summed E-state index contributed by atoms with van der Waals surface area (Å²) in [5, 5.41) is 2.69. The van der Waals surface area contributed by atoms with Gasteiger partial charge in [0.05, 0.1) is 12.8 Å². The molecule has 1 aromatic heterocycles. The second-order valence-electron chi connectivity index (χ2n) is 4.77. The van der Waals surface area contributed by atoms with Gasteiger partial charge in [-0.05, 0) is 29.7 Å². The van der Waals surface area contributed by atoms with Crippen molar-refractivity contribution < 1.29 is 4.74 Å². The van der Waals surface area contributed by atoms with Crippen LogP contribution >= 0.6 is 11.3 Å². The molecule has 19 heavy (non-hydrogen) atoms. The molecule has 0 radical (unpaired) electrons. The van der Waals surface area contributed by atoms with Crippen LogP contribution in [0.1, 0.15) is 16.8 Å². The fraction of sp³-hybridized carbons (Fsp3) is 0.357. The summed E-state index contributed by atoms with van der Waals surface area (Å²) in [6, 6.07) is 6.34. The Morgan fingerprint density at radius 3 is 3.05 bits per heavy atom. The molecule has 5 heteroatoms. The number of methoxy groups -OCH3 is 1. The number of anilines is 1. The average Bonchev–Trinajstić information content (AvgIpc) is 2.83. The molecule has 0 saturated carbocycles. The third kappa shape index (κ3) is 2.72. The molecule has 4 nitrogen and oxygen atoms in total. The van der Waals surface area contributed by atoms with Gasteiger partial charge in [0.25, 0.3) is 0 Å². The van der Waals surface area contributed by atoms with E-state index in [0.29, 0.717) is 5.13 Å². The van der Waals surface area contributed by atoms with Gasteiger partial charge in [-0.25, -0.2) is 4.98 Å². The molecule has 0 saturated heterocycles. The Morgan fingerprint density at radius 2 is 2.32 bits per heavy atom. The number of thiazole rings is 1. The maximum Gasteiger partial charge on any atom is 0.180 e. The zero-order valence-electron chi connectivity index (χ0n) is 10.9. The van der Waals surface area contributed by atoms with Crippen LogP contribution in [0.4, 0.5) is 5.13 Å². The van der Waals surface area contributed by atoms with Crippen molar-refractivity contribution in [1.82, 2.24) is 9.88 Å². The summed E-state index contributed by atoms with van der Waals surface area (Å²) in [4.78, 5) is 6.73. The maximum absolute atomic E-state index is 5.67. The molecule has 0 unspecified atom stereocenters. The van der Waals surface area contributed by atoms with E-state index in [1.165, 1.54) is 22.5 Å². The van der Waals surface area contributed by atoms with Gasteiger partial charge in [0, 0.05) is 25.0 Å². The van der Waals surface area contributed by atoms with E-state index < -0.39 is 0 Å². The minimum absolute atomic E-state index is 0.650. The number of hydrogen-bond acceptors (Lipinski definition) is 5. The number of nitrogens with zero attached hydrogens (tertiary/aromatic N) is 2. The molecule has 2 aromatic rings. The van der Waals surface area contributed by atoms with Gasteiger partial charge in [-0.1, -0.05) is 6.07 Å². The number of nitrogen functional groups attached to an aromatic ring is 1. The summed E-state index contributed by atoms with van der Waals surface area (Å²) in [5.41, 5.74) is 9.52. The van der Waals surface area contributed by atoms with E-state index in [1.807, 2.05) is 11.4 Å². The van der Waals surface area contributed by atoms with Gasteiger partial charge in [0.2, 0.25) is 0 Å². The fourth-order valence-corrected chi connectivity index (χ4v) is 3.03. The van der Waals surface area contributed by atoms with Crippen molar-refractivity contribution in [3.63, 3.8) is 0 Å². The van der Waals surface area contributed by atoms with E-state index in [2.05, 4.69) is 22.0 Å². The second kappa shape index (κ2) is 5.19. The Hall–Kier alpha value is -1.59. The molecule has 1 aliphatic heterocycles. The molecule has 3 rings (SSSR count). The highest BCUT2D eigenvalue weighted by Crippen LogP contribution is 2.25. The predicted molar refractivity (Wildman–Crippen MR) is 77.3 cm³/mol. The molecular weight excluding hydrogens is 258 g/mol. The summed E-state index contributed by atoms with van der Waals surface area (Å²) < 4.78 is 5.27. The molecule has 100 valence electrons. The lowest BCUT2D eigenvalue weighted by Crippen LogP contribution is -2.30. The van der Waals surface area contributed by atoms with E-state index in [1.54, 1.807) is 7.11 Å². The second-order valence-corrected chi connectivity index (χ2v) is 5.66. The van der Waals surface area contributed by atoms with Crippen molar-refractivity contribution in [1.29, 1.82) is 0 Å². The first kappa shape index (κ1) is 12.4. The van der Waals surface area contributed by atoms with Crippen LogP contribution in [0.2, 0.25) is 0 Å². The molecule has 0 aliphatic carbocycles. The number of nitrogens with two attached hydrogens (primary N) is 1. The van der Waals surface area contributed by atoms with Crippen LogP contribution in [0, 0.1) is 0 Å². The number of rotatable bonds is 3. The normalized spacial score (nSPS) is 15.2. The smallest absolute Gasteiger partial charge is 0.180 e. The highest BCUT2D eigenvalue weighted by molar-refractivity contribution is 7.13. The van der Waals surface area contributed by atoms with Gasteiger partial charge in [-0.15, -0.1) is 11.3 Å². The number of ether oxygens (including phenoxy) is 1. The van der Waals surface area contributed by atoms with Crippen molar-refractivity contribution >= 4 is 16.5 Å². The van der Waals surface area contributed by atoms with Crippen molar-refractivity contribution in [3.8, 4) is 5.75 Å². The molecule has 2 N–H and O–H groups in total. The van der Waals surface area contributed by atoms with Gasteiger partial charge in [-0.3, -0.25) is 4.90 Å². The molecule has 0 amide bonds. The SMILES string of the molecule is COc1ccc2c(c1)CCN(Cc1csc(N)n1)C2. The van der Waals surface area contributed by atoms with Gasteiger partial charge in [-0.2, -0.15) is 0 Å². The van der Waals surface area contributed by atoms with Gasteiger partial charge in [0.1, 0.15) is 5.75 Å². The standard InChI is InChI=1S/C14H17N3OS/c1-18-13-3-2-11-7-17(5-4-10(11)6-13)8-12-9-19-14(15)16-12/h2-3,6,9H,4-5,7-8H2,1H3,(H2,15,16). The van der Waals surface area contributed by atoms with Crippen LogP contribution < -0.4 is 10.5 Å². The van der Waals surface area contributed by atoms with Crippen molar-refractivity contribution in [2.24, 2.45) is 0 Å². The lowest BCUT2D eigenvalue weighted by atomic mass is 9.99. The monoisotopic (exact) mass is 275 g/mol. The zero-order chi connectivity index (χ0) is 13.2. The molecule has 1 aliphatic rings. The van der Waals surface area contributed by atoms with Crippen LogP contribution in [0.25, 0.3) is 0 Å². The highest BCUT2D eigenvalue weighted by Gasteiger charge is 2.17. The topological polar surface area (TPSA) is 51.4 Å². The number of fused-ring (bicyclic) bond motifs is 1. The largest absolute Gasteiger partial charge is 0.497 e. The average molecular weight is 275 g/mol. The molecule has 2 heterocycles.